The minimum Gasteiger partial charge on any atom is -0.497 e. The van der Waals surface area contributed by atoms with Crippen molar-refractivity contribution in [2.75, 3.05) is 19.0 Å². The monoisotopic (exact) mass is 316 g/mol. The van der Waals surface area contributed by atoms with Gasteiger partial charge < -0.3 is 20.1 Å². The lowest BCUT2D eigenvalue weighted by atomic mass is 10.3. The third-order valence-corrected chi connectivity index (χ3v) is 3.19. The molecule has 0 aliphatic rings. The maximum absolute atomic E-state index is 5.68. The molecule has 0 radical (unpaired) electrons. The fraction of sp³-hybridized carbons (Fsp3) is 0.235. The van der Waals surface area contributed by atoms with E-state index in [0.717, 1.165) is 17.2 Å². The second-order valence-electron chi connectivity index (χ2n) is 4.85. The van der Waals surface area contributed by atoms with Crippen LogP contribution in [-0.2, 0) is 0 Å². The van der Waals surface area contributed by atoms with E-state index in [-0.39, 0.29) is 6.04 Å². The van der Waals surface area contributed by atoms with Crippen molar-refractivity contribution in [1.29, 1.82) is 0 Å². The summed E-state index contributed by atoms with van der Waals surface area (Å²) < 4.78 is 10.8. The average molecular weight is 316 g/mol. The lowest BCUT2D eigenvalue weighted by molar-refractivity contribution is 0.287. The number of nitrogens with one attached hydrogen (secondary N) is 2. The van der Waals surface area contributed by atoms with E-state index in [1.807, 2.05) is 61.5 Å². The third-order valence-electron chi connectivity index (χ3n) is 2.97. The molecule has 2 aromatic carbocycles. The van der Waals surface area contributed by atoms with Gasteiger partial charge in [0.1, 0.15) is 18.1 Å². The van der Waals surface area contributed by atoms with Crippen molar-refractivity contribution in [2.24, 2.45) is 0 Å². The fourth-order valence-corrected chi connectivity index (χ4v) is 2.16. The van der Waals surface area contributed by atoms with Crippen LogP contribution in [0, 0.1) is 0 Å². The fourth-order valence-electron chi connectivity index (χ4n) is 1.84. The number of hydrogen-bond donors (Lipinski definition) is 2. The van der Waals surface area contributed by atoms with Crippen LogP contribution in [0.3, 0.4) is 0 Å². The molecule has 4 nitrogen and oxygen atoms in total. The smallest absolute Gasteiger partial charge is 0.171 e. The van der Waals surface area contributed by atoms with Gasteiger partial charge in [0.05, 0.1) is 13.2 Å². The lowest BCUT2D eigenvalue weighted by Crippen LogP contribution is -2.39. The van der Waals surface area contributed by atoms with Gasteiger partial charge in [0.2, 0.25) is 0 Å². The lowest BCUT2D eigenvalue weighted by Gasteiger charge is -2.17. The molecule has 5 heteroatoms. The van der Waals surface area contributed by atoms with Crippen LogP contribution in [0.25, 0.3) is 0 Å². The normalized spacial score (nSPS) is 11.4. The summed E-state index contributed by atoms with van der Waals surface area (Å²) in [5, 5.41) is 6.89. The molecule has 0 bridgehead atoms. The Morgan fingerprint density at radius 2 is 1.73 bits per heavy atom. The third kappa shape index (κ3) is 5.26. The van der Waals surface area contributed by atoms with Crippen LogP contribution in [0.4, 0.5) is 5.69 Å². The van der Waals surface area contributed by atoms with Crippen molar-refractivity contribution in [3.05, 3.63) is 54.6 Å². The molecule has 0 fully saturated rings. The van der Waals surface area contributed by atoms with Crippen molar-refractivity contribution in [2.45, 2.75) is 13.0 Å². The van der Waals surface area contributed by atoms with Gasteiger partial charge in [-0.05, 0) is 55.5 Å². The minimum absolute atomic E-state index is 0.0958. The standard InChI is InChI=1S/C17H20N2O2S/c1-13(12-21-16-6-4-3-5-7-16)18-17(22)19-14-8-10-15(20-2)11-9-14/h3-11,13H,12H2,1-2H3,(H2,18,19,22)/t13-/m0/s1. The number of methoxy groups -OCH3 is 1. The average Bonchev–Trinajstić information content (AvgIpc) is 2.54. The Bertz CT molecular complexity index is 587. The zero-order chi connectivity index (χ0) is 15.8. The number of thiocarbonyl (C=S) groups is 1. The zero-order valence-corrected chi connectivity index (χ0v) is 13.5. The Balaban J connectivity index is 1.75. The predicted octanol–water partition coefficient (Wildman–Crippen LogP) is 3.45. The SMILES string of the molecule is COc1ccc(NC(=S)N[C@@H](C)COc2ccccc2)cc1. The van der Waals surface area contributed by atoms with E-state index in [9.17, 15) is 0 Å². The van der Waals surface area contributed by atoms with E-state index in [4.69, 9.17) is 21.7 Å². The predicted molar refractivity (Wildman–Crippen MR) is 93.7 cm³/mol. The largest absolute Gasteiger partial charge is 0.497 e. The second kappa shape index (κ2) is 8.24. The Kier molecular flexibility index (Phi) is 6.03. The van der Waals surface area contributed by atoms with Crippen LogP contribution in [0.1, 0.15) is 6.92 Å². The first kappa shape index (κ1) is 16.1. The van der Waals surface area contributed by atoms with Gasteiger partial charge in [0, 0.05) is 5.69 Å². The summed E-state index contributed by atoms with van der Waals surface area (Å²) in [6.45, 7) is 2.55. The van der Waals surface area contributed by atoms with Gasteiger partial charge in [0.25, 0.3) is 0 Å². The number of ether oxygens (including phenoxy) is 2. The molecule has 0 aliphatic carbocycles. The second-order valence-corrected chi connectivity index (χ2v) is 5.26. The highest BCUT2D eigenvalue weighted by Crippen LogP contribution is 2.14. The van der Waals surface area contributed by atoms with Crippen molar-refractivity contribution >= 4 is 23.0 Å². The first-order valence-corrected chi connectivity index (χ1v) is 7.47. The molecule has 2 rings (SSSR count). The molecular weight excluding hydrogens is 296 g/mol. The van der Waals surface area contributed by atoms with Gasteiger partial charge in [-0.2, -0.15) is 0 Å². The summed E-state index contributed by atoms with van der Waals surface area (Å²) in [4.78, 5) is 0. The molecule has 0 saturated heterocycles. The molecule has 1 atom stereocenters. The number of hydrogen-bond acceptors (Lipinski definition) is 3. The van der Waals surface area contributed by atoms with E-state index in [1.165, 1.54) is 0 Å². The van der Waals surface area contributed by atoms with Crippen LogP contribution in [-0.4, -0.2) is 24.9 Å². The maximum Gasteiger partial charge on any atom is 0.171 e. The summed E-state index contributed by atoms with van der Waals surface area (Å²) in [6, 6.07) is 17.4. The topological polar surface area (TPSA) is 42.5 Å². The summed E-state index contributed by atoms with van der Waals surface area (Å²) >= 11 is 5.30. The van der Waals surface area contributed by atoms with E-state index in [2.05, 4.69) is 10.6 Å². The molecule has 2 N–H and O–H groups in total. The first-order valence-electron chi connectivity index (χ1n) is 7.07. The van der Waals surface area contributed by atoms with Crippen LogP contribution in [0.2, 0.25) is 0 Å². The highest BCUT2D eigenvalue weighted by Gasteiger charge is 2.05. The van der Waals surface area contributed by atoms with E-state index >= 15 is 0 Å². The summed E-state index contributed by atoms with van der Waals surface area (Å²) in [5.74, 6) is 1.67. The van der Waals surface area contributed by atoms with Gasteiger partial charge in [-0.15, -0.1) is 0 Å². The molecule has 0 unspecified atom stereocenters. The Hall–Kier alpha value is -2.27. The number of benzene rings is 2. The minimum atomic E-state index is 0.0958. The van der Waals surface area contributed by atoms with Crippen molar-refractivity contribution in [1.82, 2.24) is 5.32 Å². The molecule has 2 aromatic rings. The molecular formula is C17H20N2O2S. The van der Waals surface area contributed by atoms with Crippen LogP contribution in [0.15, 0.2) is 54.6 Å². The van der Waals surface area contributed by atoms with E-state index in [1.54, 1.807) is 7.11 Å². The number of anilines is 1. The molecule has 0 aromatic heterocycles. The molecule has 0 saturated carbocycles. The summed E-state index contributed by atoms with van der Waals surface area (Å²) in [7, 11) is 1.64. The molecule has 0 spiro atoms. The number of rotatable bonds is 6. The van der Waals surface area contributed by atoms with Crippen molar-refractivity contribution < 1.29 is 9.47 Å². The van der Waals surface area contributed by atoms with E-state index < -0.39 is 0 Å². The van der Waals surface area contributed by atoms with Crippen molar-refractivity contribution in [3.63, 3.8) is 0 Å². The Morgan fingerprint density at radius 3 is 2.36 bits per heavy atom. The molecule has 0 amide bonds. The van der Waals surface area contributed by atoms with Gasteiger partial charge in [-0.25, -0.2) is 0 Å². The molecule has 22 heavy (non-hydrogen) atoms. The molecule has 116 valence electrons. The molecule has 0 aliphatic heterocycles. The summed E-state index contributed by atoms with van der Waals surface area (Å²) in [5.41, 5.74) is 0.912. The summed E-state index contributed by atoms with van der Waals surface area (Å²) in [6.07, 6.45) is 0. The quantitative estimate of drug-likeness (QED) is 0.799. The van der Waals surface area contributed by atoms with Crippen LogP contribution >= 0.6 is 12.2 Å². The molecule has 0 heterocycles. The highest BCUT2D eigenvalue weighted by molar-refractivity contribution is 7.80. The van der Waals surface area contributed by atoms with Crippen LogP contribution in [0.5, 0.6) is 11.5 Å². The van der Waals surface area contributed by atoms with Gasteiger partial charge >= 0.3 is 0 Å². The highest BCUT2D eigenvalue weighted by atomic mass is 32.1. The van der Waals surface area contributed by atoms with E-state index in [0.29, 0.717) is 11.7 Å². The van der Waals surface area contributed by atoms with Crippen LogP contribution < -0.4 is 20.1 Å². The van der Waals surface area contributed by atoms with Gasteiger partial charge in [0.15, 0.2) is 5.11 Å². The van der Waals surface area contributed by atoms with Gasteiger partial charge in [-0.3, -0.25) is 0 Å². The maximum atomic E-state index is 5.68. The van der Waals surface area contributed by atoms with Gasteiger partial charge in [-0.1, -0.05) is 18.2 Å². The zero-order valence-electron chi connectivity index (χ0n) is 12.7. The first-order chi connectivity index (χ1) is 10.7. The number of para-hydroxylation sites is 1. The Morgan fingerprint density at radius 1 is 1.05 bits per heavy atom. The van der Waals surface area contributed by atoms with Crippen molar-refractivity contribution in [3.8, 4) is 11.5 Å². The Labute approximate surface area is 136 Å².